The third kappa shape index (κ3) is 5.60. The molecule has 1 aromatic rings. The second kappa shape index (κ2) is 10.6. The number of unbranched alkanes of at least 4 members (excludes halogenated alkanes) is 1. The summed E-state index contributed by atoms with van der Waals surface area (Å²) in [4.78, 5) is 23.8. The average Bonchev–Trinajstić information content (AvgIpc) is 2.77. The summed E-state index contributed by atoms with van der Waals surface area (Å²) < 4.78 is 5.44. The highest BCUT2D eigenvalue weighted by molar-refractivity contribution is 5.78. The van der Waals surface area contributed by atoms with E-state index in [-0.39, 0.29) is 5.92 Å². The number of hydrogen-bond donors (Lipinski definition) is 0. The van der Waals surface area contributed by atoms with Crippen LogP contribution in [-0.4, -0.2) is 74.1 Å². The smallest absolute Gasteiger partial charge is 0.225 e. The number of pyridine rings is 1. The molecule has 0 bridgehead atoms. The van der Waals surface area contributed by atoms with E-state index in [9.17, 15) is 4.79 Å². The van der Waals surface area contributed by atoms with Gasteiger partial charge in [0, 0.05) is 51.9 Å². The summed E-state index contributed by atoms with van der Waals surface area (Å²) in [5.41, 5.74) is 0. The van der Waals surface area contributed by atoms with Crippen LogP contribution in [0.2, 0.25) is 0 Å². The molecule has 1 saturated carbocycles. The van der Waals surface area contributed by atoms with Crippen LogP contribution in [0.3, 0.4) is 0 Å². The van der Waals surface area contributed by atoms with Gasteiger partial charge in [0.25, 0.3) is 0 Å². The summed E-state index contributed by atoms with van der Waals surface area (Å²) in [7, 11) is 3.68. The molecule has 0 atom stereocenters. The lowest BCUT2D eigenvalue weighted by atomic mass is 9.88. The number of hydrogen-bond acceptors (Lipinski definition) is 5. The molecule has 0 spiro atoms. The van der Waals surface area contributed by atoms with E-state index >= 15 is 0 Å². The largest absolute Gasteiger partial charge is 0.493 e. The van der Waals surface area contributed by atoms with Gasteiger partial charge in [-0.05, 0) is 44.4 Å². The molecule has 0 aromatic carbocycles. The first-order chi connectivity index (χ1) is 13.7. The highest BCUT2D eigenvalue weighted by Gasteiger charge is 2.24. The van der Waals surface area contributed by atoms with Crippen molar-refractivity contribution in [1.82, 2.24) is 14.8 Å². The summed E-state index contributed by atoms with van der Waals surface area (Å²) in [5.74, 6) is 2.46. The van der Waals surface area contributed by atoms with Gasteiger partial charge in [0.15, 0.2) is 11.6 Å². The molecule has 1 aliphatic heterocycles. The number of anilines is 1. The Morgan fingerprint density at radius 3 is 2.64 bits per heavy atom. The molecule has 2 fully saturated rings. The van der Waals surface area contributed by atoms with Crippen LogP contribution in [0.1, 0.15) is 44.9 Å². The van der Waals surface area contributed by atoms with Gasteiger partial charge in [-0.15, -0.1) is 0 Å². The topological polar surface area (TPSA) is 48.9 Å². The van der Waals surface area contributed by atoms with E-state index in [0.717, 1.165) is 76.5 Å². The number of ether oxygens (including phenoxy) is 1. The number of amides is 1. The Labute approximate surface area is 169 Å². The zero-order valence-electron chi connectivity index (χ0n) is 17.6. The van der Waals surface area contributed by atoms with Crippen LogP contribution in [0, 0.1) is 5.92 Å². The van der Waals surface area contributed by atoms with Crippen LogP contribution < -0.4 is 9.64 Å². The number of nitrogens with zero attached hydrogens (tertiary/aromatic N) is 4. The van der Waals surface area contributed by atoms with Crippen LogP contribution in [0.15, 0.2) is 18.3 Å². The van der Waals surface area contributed by atoms with Gasteiger partial charge in [-0.25, -0.2) is 4.98 Å². The maximum Gasteiger partial charge on any atom is 0.225 e. The molecule has 6 heteroatoms. The number of piperazine rings is 1. The van der Waals surface area contributed by atoms with Gasteiger partial charge in [-0.2, -0.15) is 0 Å². The Hall–Kier alpha value is -1.82. The summed E-state index contributed by atoms with van der Waals surface area (Å²) in [6, 6.07) is 3.88. The fourth-order valence-electron chi connectivity index (χ4n) is 4.42. The van der Waals surface area contributed by atoms with E-state index in [1.54, 1.807) is 7.11 Å². The summed E-state index contributed by atoms with van der Waals surface area (Å²) in [6.45, 7) is 6.06. The first-order valence-electron chi connectivity index (χ1n) is 10.9. The van der Waals surface area contributed by atoms with Crippen molar-refractivity contribution in [1.29, 1.82) is 0 Å². The first-order valence-corrected chi connectivity index (χ1v) is 10.9. The van der Waals surface area contributed by atoms with Crippen LogP contribution in [0.25, 0.3) is 0 Å². The van der Waals surface area contributed by atoms with Crippen molar-refractivity contribution >= 4 is 11.7 Å². The Morgan fingerprint density at radius 2 is 1.93 bits per heavy atom. The molecule has 156 valence electrons. The van der Waals surface area contributed by atoms with Gasteiger partial charge < -0.3 is 14.5 Å². The second-order valence-corrected chi connectivity index (χ2v) is 8.16. The van der Waals surface area contributed by atoms with Gasteiger partial charge in [0.05, 0.1) is 7.11 Å². The quantitative estimate of drug-likeness (QED) is 0.641. The Morgan fingerprint density at radius 1 is 1.18 bits per heavy atom. The van der Waals surface area contributed by atoms with E-state index in [1.165, 1.54) is 19.3 Å². The van der Waals surface area contributed by atoms with Crippen LogP contribution in [0.5, 0.6) is 5.75 Å². The number of methoxy groups -OCH3 is 1. The van der Waals surface area contributed by atoms with Crippen molar-refractivity contribution < 1.29 is 9.53 Å². The van der Waals surface area contributed by atoms with E-state index in [0.29, 0.717) is 5.91 Å². The zero-order chi connectivity index (χ0) is 19.8. The SMILES string of the molecule is COc1cccnc1N1CCN(CCCCN(C)C(=O)C2CCCCC2)CC1. The molecule has 0 unspecified atom stereocenters. The van der Waals surface area contributed by atoms with Crippen molar-refractivity contribution in [3.63, 3.8) is 0 Å². The Kier molecular flexibility index (Phi) is 7.95. The molecular formula is C22H36N4O2. The Balaban J connectivity index is 1.33. The molecule has 2 aliphatic rings. The van der Waals surface area contributed by atoms with Gasteiger partial charge in [-0.1, -0.05) is 19.3 Å². The standard InChI is InChI=1S/C22H36N4O2/c1-24(22(27)19-9-4-3-5-10-19)13-6-7-14-25-15-17-26(18-16-25)21-20(28-2)11-8-12-23-21/h8,11-12,19H,3-7,9-10,13-18H2,1-2H3. The van der Waals surface area contributed by atoms with Crippen molar-refractivity contribution in [3.8, 4) is 5.75 Å². The third-order valence-electron chi connectivity index (χ3n) is 6.19. The van der Waals surface area contributed by atoms with Crippen molar-refractivity contribution in [2.45, 2.75) is 44.9 Å². The molecule has 28 heavy (non-hydrogen) atoms. The molecule has 6 nitrogen and oxygen atoms in total. The average molecular weight is 389 g/mol. The number of carbonyl (C=O) groups excluding carboxylic acids is 1. The fraction of sp³-hybridized carbons (Fsp3) is 0.727. The number of carbonyl (C=O) groups is 1. The highest BCUT2D eigenvalue weighted by Crippen LogP contribution is 2.26. The molecule has 1 aromatic heterocycles. The predicted molar refractivity (Wildman–Crippen MR) is 113 cm³/mol. The molecule has 1 amide bonds. The first kappa shape index (κ1) is 20.9. The Bertz CT molecular complexity index is 610. The minimum absolute atomic E-state index is 0.287. The van der Waals surface area contributed by atoms with Crippen LogP contribution in [0.4, 0.5) is 5.82 Å². The minimum atomic E-state index is 0.287. The number of rotatable bonds is 8. The highest BCUT2D eigenvalue weighted by atomic mass is 16.5. The maximum absolute atomic E-state index is 12.5. The van der Waals surface area contributed by atoms with E-state index in [4.69, 9.17) is 4.74 Å². The van der Waals surface area contributed by atoms with E-state index in [2.05, 4.69) is 14.8 Å². The van der Waals surface area contributed by atoms with Gasteiger partial charge in [-0.3, -0.25) is 9.69 Å². The van der Waals surface area contributed by atoms with Crippen molar-refractivity contribution in [2.24, 2.45) is 5.92 Å². The monoisotopic (exact) mass is 388 g/mol. The normalized spacial score (nSPS) is 18.9. The molecule has 1 aliphatic carbocycles. The lowest BCUT2D eigenvalue weighted by Gasteiger charge is -2.36. The van der Waals surface area contributed by atoms with Crippen molar-refractivity contribution in [2.75, 3.05) is 58.3 Å². The van der Waals surface area contributed by atoms with Crippen LogP contribution >= 0.6 is 0 Å². The van der Waals surface area contributed by atoms with Crippen molar-refractivity contribution in [3.05, 3.63) is 18.3 Å². The predicted octanol–water partition coefficient (Wildman–Crippen LogP) is 3.03. The molecule has 2 heterocycles. The second-order valence-electron chi connectivity index (χ2n) is 8.16. The minimum Gasteiger partial charge on any atom is -0.493 e. The molecule has 0 N–H and O–H groups in total. The van der Waals surface area contributed by atoms with Gasteiger partial charge in [0.1, 0.15) is 0 Å². The van der Waals surface area contributed by atoms with Gasteiger partial charge in [0.2, 0.25) is 5.91 Å². The zero-order valence-corrected chi connectivity index (χ0v) is 17.6. The number of aromatic nitrogens is 1. The maximum atomic E-state index is 12.5. The third-order valence-corrected chi connectivity index (χ3v) is 6.19. The summed E-state index contributed by atoms with van der Waals surface area (Å²) >= 11 is 0. The van der Waals surface area contributed by atoms with E-state index < -0.39 is 0 Å². The lowest BCUT2D eigenvalue weighted by Crippen LogP contribution is -2.47. The summed E-state index contributed by atoms with van der Waals surface area (Å²) in [6.07, 6.45) is 9.99. The molecule has 3 rings (SSSR count). The van der Waals surface area contributed by atoms with Gasteiger partial charge >= 0.3 is 0 Å². The summed E-state index contributed by atoms with van der Waals surface area (Å²) in [5, 5.41) is 0. The lowest BCUT2D eigenvalue weighted by molar-refractivity contribution is -0.135. The molecule has 0 radical (unpaired) electrons. The van der Waals surface area contributed by atoms with E-state index in [1.807, 2.05) is 30.3 Å². The van der Waals surface area contributed by atoms with Crippen LogP contribution in [-0.2, 0) is 4.79 Å². The molecular weight excluding hydrogens is 352 g/mol. The molecule has 1 saturated heterocycles. The fourth-order valence-corrected chi connectivity index (χ4v) is 4.42.